The van der Waals surface area contributed by atoms with Crippen molar-refractivity contribution in [1.29, 1.82) is 5.26 Å². The molecule has 0 spiro atoms. The fraction of sp³-hybridized carbons (Fsp3) is 0.559. The number of carbonyl (C=O) groups excluding carboxylic acids is 2. The van der Waals surface area contributed by atoms with Crippen LogP contribution in [0.4, 0.5) is 11.4 Å². The molecule has 0 aromatic heterocycles. The van der Waals surface area contributed by atoms with Gasteiger partial charge in [0.2, 0.25) is 11.8 Å². The summed E-state index contributed by atoms with van der Waals surface area (Å²) in [4.78, 5) is 28.0. The van der Waals surface area contributed by atoms with E-state index < -0.39 is 0 Å². The lowest BCUT2D eigenvalue weighted by molar-refractivity contribution is -0.655. The maximum absolute atomic E-state index is 13.2. The van der Waals surface area contributed by atoms with Gasteiger partial charge in [-0.15, -0.1) is 0 Å². The molecule has 1 unspecified atom stereocenters. The highest BCUT2D eigenvalue weighted by Crippen LogP contribution is 2.28. The summed E-state index contributed by atoms with van der Waals surface area (Å²) in [6.45, 7) is 11.9. The van der Waals surface area contributed by atoms with Crippen molar-refractivity contribution in [3.8, 4) is 6.07 Å². The number of amides is 2. The number of halogens is 1. The third-order valence-electron chi connectivity index (χ3n) is 8.50. The fourth-order valence-corrected chi connectivity index (χ4v) is 5.98. The first-order valence-electron chi connectivity index (χ1n) is 15.6. The van der Waals surface area contributed by atoms with Gasteiger partial charge in [0.1, 0.15) is 0 Å². The number of anilines is 2. The highest BCUT2D eigenvalue weighted by molar-refractivity contribution is 6.31. The van der Waals surface area contributed by atoms with E-state index >= 15 is 0 Å². The van der Waals surface area contributed by atoms with E-state index in [2.05, 4.69) is 26.9 Å². The number of carbonyl (C=O) groups is 2. The van der Waals surface area contributed by atoms with Gasteiger partial charge in [0, 0.05) is 35.8 Å². The van der Waals surface area contributed by atoms with Crippen molar-refractivity contribution in [2.45, 2.75) is 97.9 Å². The van der Waals surface area contributed by atoms with Crippen molar-refractivity contribution in [1.82, 2.24) is 4.90 Å². The highest BCUT2D eigenvalue weighted by Gasteiger charge is 2.29. The summed E-state index contributed by atoms with van der Waals surface area (Å²) in [7, 11) is 0. The predicted molar refractivity (Wildman–Crippen MR) is 172 cm³/mol. The van der Waals surface area contributed by atoms with Crippen LogP contribution >= 0.6 is 11.6 Å². The van der Waals surface area contributed by atoms with Gasteiger partial charge < -0.3 is 16.0 Å². The molecular formula is C34H49ClN5O2+. The van der Waals surface area contributed by atoms with Crippen molar-refractivity contribution in [3.05, 3.63) is 57.1 Å². The molecule has 2 aromatic carbocycles. The number of aryl methyl sites for hydroxylation is 2. The van der Waals surface area contributed by atoms with Crippen LogP contribution in [-0.2, 0) is 9.59 Å². The van der Waals surface area contributed by atoms with Gasteiger partial charge in [-0.05, 0) is 101 Å². The number of nitrogens with one attached hydrogen (secondary N) is 2. The average Bonchev–Trinajstić information content (AvgIpc) is 2.98. The van der Waals surface area contributed by atoms with E-state index in [1.165, 1.54) is 12.8 Å². The van der Waals surface area contributed by atoms with Crippen molar-refractivity contribution in [2.75, 3.05) is 36.8 Å². The van der Waals surface area contributed by atoms with Crippen LogP contribution in [0, 0.1) is 39.0 Å². The number of piperidine rings is 1. The Balaban J connectivity index is 1.25. The summed E-state index contributed by atoms with van der Waals surface area (Å²) in [6, 6.07) is 9.63. The Hall–Kier alpha value is -2.92. The minimum atomic E-state index is -0.0747. The molecule has 1 aliphatic heterocycles. The normalized spacial score (nSPS) is 15.3. The zero-order valence-corrected chi connectivity index (χ0v) is 26.7. The molecule has 4 N–H and O–H groups in total. The Morgan fingerprint density at radius 1 is 0.905 bits per heavy atom. The third-order valence-corrected chi connectivity index (χ3v) is 8.91. The van der Waals surface area contributed by atoms with Crippen molar-refractivity contribution >= 4 is 34.8 Å². The van der Waals surface area contributed by atoms with Gasteiger partial charge in [-0.25, -0.2) is 0 Å². The number of quaternary nitrogens is 1. The number of unbranched alkanes of at least 4 members (excludes halogenated alkanes) is 4. The van der Waals surface area contributed by atoms with Crippen LogP contribution in [0.2, 0.25) is 5.02 Å². The van der Waals surface area contributed by atoms with E-state index in [9.17, 15) is 14.9 Å². The number of rotatable bonds is 15. The number of nitrogens with zero attached hydrogens (tertiary/aromatic N) is 2. The zero-order chi connectivity index (χ0) is 30.5. The van der Waals surface area contributed by atoms with Crippen LogP contribution in [0.3, 0.4) is 0 Å². The molecule has 0 bridgehead atoms. The maximum atomic E-state index is 13.2. The minimum absolute atomic E-state index is 0.0211. The molecule has 0 radical (unpaired) electrons. The number of likely N-dealkylation sites (tertiary alicyclic amines) is 1. The first-order valence-corrected chi connectivity index (χ1v) is 16.0. The molecule has 1 aliphatic rings. The Kier molecular flexibility index (Phi) is 13.8. The first-order chi connectivity index (χ1) is 20.2. The van der Waals surface area contributed by atoms with E-state index in [-0.39, 0.29) is 17.9 Å². The number of hydrogen-bond acceptors (Lipinski definition) is 4. The standard InChI is InChI=1S/C34H48ClN5O2/c1-24-15-17-28(23-36)26(3)32(24)38-31(41)14-8-6-5-7-10-19-37-20-12-22-40-21-11-9-13-30(40)34(42)39-33-25(2)16-18-29(35)27(33)4/h15-18,30,37H,5-14,19-22H2,1-4H3,(H,38,41)(H,39,42)/p+1. The second-order valence-electron chi connectivity index (χ2n) is 11.7. The first kappa shape index (κ1) is 33.6. The molecule has 1 fully saturated rings. The van der Waals surface area contributed by atoms with Crippen molar-refractivity contribution in [3.63, 3.8) is 0 Å². The molecule has 1 saturated heterocycles. The molecule has 3 rings (SSSR count). The molecule has 2 amide bonds. The number of nitrogens with two attached hydrogens (primary N) is 1. The van der Waals surface area contributed by atoms with E-state index in [0.29, 0.717) is 17.0 Å². The number of nitriles is 1. The summed E-state index contributed by atoms with van der Waals surface area (Å²) in [5.41, 5.74) is 6.01. The molecule has 228 valence electrons. The Bertz CT molecular complexity index is 1260. The molecular weight excluding hydrogens is 546 g/mol. The zero-order valence-electron chi connectivity index (χ0n) is 26.0. The van der Waals surface area contributed by atoms with E-state index in [1.54, 1.807) is 6.07 Å². The van der Waals surface area contributed by atoms with Crippen LogP contribution in [-0.4, -0.2) is 48.9 Å². The van der Waals surface area contributed by atoms with Gasteiger partial charge in [0.05, 0.1) is 30.8 Å². The summed E-state index contributed by atoms with van der Waals surface area (Å²) in [5, 5.41) is 18.5. The predicted octanol–water partition coefficient (Wildman–Crippen LogP) is 6.17. The molecule has 7 nitrogen and oxygen atoms in total. The molecule has 42 heavy (non-hydrogen) atoms. The van der Waals surface area contributed by atoms with E-state index in [1.807, 2.05) is 45.9 Å². The monoisotopic (exact) mass is 594 g/mol. The smallest absolute Gasteiger partial charge is 0.241 e. The average molecular weight is 595 g/mol. The topological polar surface area (TPSA) is 102 Å². The number of hydrogen-bond donors (Lipinski definition) is 3. The molecule has 1 atom stereocenters. The van der Waals surface area contributed by atoms with Gasteiger partial charge in [-0.3, -0.25) is 14.5 Å². The third kappa shape index (κ3) is 9.83. The van der Waals surface area contributed by atoms with Crippen molar-refractivity contribution in [2.24, 2.45) is 0 Å². The van der Waals surface area contributed by atoms with Crippen LogP contribution in [0.1, 0.15) is 92.0 Å². The van der Waals surface area contributed by atoms with Crippen LogP contribution in [0.25, 0.3) is 0 Å². The molecule has 0 saturated carbocycles. The quantitative estimate of drug-likeness (QED) is 0.215. The molecule has 8 heteroatoms. The van der Waals surface area contributed by atoms with Gasteiger partial charge in [-0.2, -0.15) is 5.26 Å². The lowest BCUT2D eigenvalue weighted by atomic mass is 10.0. The lowest BCUT2D eigenvalue weighted by Crippen LogP contribution is -2.84. The highest BCUT2D eigenvalue weighted by atomic mass is 35.5. The summed E-state index contributed by atoms with van der Waals surface area (Å²) < 4.78 is 0. The Labute approximate surface area is 257 Å². The van der Waals surface area contributed by atoms with Crippen LogP contribution in [0.5, 0.6) is 0 Å². The lowest BCUT2D eigenvalue weighted by Gasteiger charge is -2.34. The van der Waals surface area contributed by atoms with E-state index in [0.717, 1.165) is 105 Å². The van der Waals surface area contributed by atoms with Gasteiger partial charge in [0.15, 0.2) is 0 Å². The second-order valence-corrected chi connectivity index (χ2v) is 12.1. The largest absolute Gasteiger partial charge is 0.346 e. The molecule has 2 aromatic rings. The fourth-order valence-electron chi connectivity index (χ4n) is 5.83. The SMILES string of the molecule is Cc1ccc(Cl)c(C)c1NC(=O)C1CCCCN1CCC[NH2+]CCCCCCCC(=O)Nc1c(C)ccc(C#N)c1C. The van der Waals surface area contributed by atoms with Crippen LogP contribution in [0.15, 0.2) is 24.3 Å². The van der Waals surface area contributed by atoms with Gasteiger partial charge in [-0.1, -0.05) is 43.0 Å². The van der Waals surface area contributed by atoms with Crippen molar-refractivity contribution < 1.29 is 14.9 Å². The Morgan fingerprint density at radius 3 is 2.33 bits per heavy atom. The summed E-state index contributed by atoms with van der Waals surface area (Å²) in [5.74, 6) is 0.107. The van der Waals surface area contributed by atoms with Crippen LogP contribution < -0.4 is 16.0 Å². The van der Waals surface area contributed by atoms with Gasteiger partial charge in [0.25, 0.3) is 0 Å². The minimum Gasteiger partial charge on any atom is -0.346 e. The van der Waals surface area contributed by atoms with Gasteiger partial charge >= 0.3 is 0 Å². The maximum Gasteiger partial charge on any atom is 0.241 e. The molecule has 0 aliphatic carbocycles. The van der Waals surface area contributed by atoms with E-state index in [4.69, 9.17) is 11.6 Å². The second kappa shape index (κ2) is 17.3. The summed E-state index contributed by atoms with van der Waals surface area (Å²) in [6.07, 6.45) is 10.2. The molecule has 1 heterocycles. The summed E-state index contributed by atoms with van der Waals surface area (Å²) >= 11 is 6.30. The number of benzene rings is 2. The Morgan fingerprint density at radius 2 is 1.57 bits per heavy atom.